The lowest BCUT2D eigenvalue weighted by Gasteiger charge is -2.45. The van der Waals surface area contributed by atoms with E-state index in [0.29, 0.717) is 22.5 Å². The molecule has 36 heavy (non-hydrogen) atoms. The minimum atomic E-state index is -1.03. The number of nitrogens with two attached hydrogens (primary N) is 1. The number of carboxylic acid groups (broad SMARTS) is 1. The van der Waals surface area contributed by atoms with Crippen molar-refractivity contribution in [3.8, 4) is 16.2 Å². The van der Waals surface area contributed by atoms with Gasteiger partial charge in [0, 0.05) is 35.3 Å². The van der Waals surface area contributed by atoms with Gasteiger partial charge in [-0.1, -0.05) is 47.8 Å². The maximum atomic E-state index is 11.7. The number of halogens is 1. The van der Waals surface area contributed by atoms with Gasteiger partial charge in [0.15, 0.2) is 10.6 Å². The van der Waals surface area contributed by atoms with E-state index in [-0.39, 0.29) is 16.2 Å². The summed E-state index contributed by atoms with van der Waals surface area (Å²) < 4.78 is 8.02. The normalized spacial score (nSPS) is 17.6. The van der Waals surface area contributed by atoms with E-state index in [2.05, 4.69) is 29.5 Å². The molecule has 1 aliphatic heterocycles. The third kappa shape index (κ3) is 6.11. The van der Waals surface area contributed by atoms with E-state index >= 15 is 0 Å². The van der Waals surface area contributed by atoms with Crippen LogP contribution in [0.2, 0.25) is 5.02 Å². The summed E-state index contributed by atoms with van der Waals surface area (Å²) in [4.78, 5) is 12.5. The van der Waals surface area contributed by atoms with Crippen LogP contribution in [0.4, 0.5) is 11.4 Å². The largest absolute Gasteiger partial charge is 0.490 e. The fourth-order valence-electron chi connectivity index (χ4n) is 4.56. The number of nitrogens with one attached hydrogen (secondary N) is 1. The van der Waals surface area contributed by atoms with Gasteiger partial charge in [-0.3, -0.25) is 0 Å². The zero-order valence-corrected chi connectivity index (χ0v) is 23.1. The average Bonchev–Trinajstić information content (AvgIpc) is 3.15. The Hall–Kier alpha value is -2.39. The number of hydrogen-bond donors (Lipinski definition) is 3. The molecule has 1 fully saturated rings. The van der Waals surface area contributed by atoms with Gasteiger partial charge in [-0.25, -0.2) is 9.10 Å². The Kier molecular flexibility index (Phi) is 8.40. The second kappa shape index (κ2) is 11.3. The molecule has 1 aliphatic rings. The fraction of sp³-hybridized carbons (Fsp3) is 0.370. The highest BCUT2D eigenvalue weighted by Crippen LogP contribution is 2.46. The lowest BCUT2D eigenvalue weighted by Crippen LogP contribution is -2.49. The van der Waals surface area contributed by atoms with Crippen LogP contribution in [0.1, 0.15) is 48.8 Å². The Balaban J connectivity index is 1.43. The molecule has 2 aromatic carbocycles. The second-order valence-electron chi connectivity index (χ2n) is 9.49. The molecule has 192 valence electrons. The lowest BCUT2D eigenvalue weighted by atomic mass is 9.89. The van der Waals surface area contributed by atoms with Gasteiger partial charge in [0.2, 0.25) is 0 Å². The van der Waals surface area contributed by atoms with Crippen molar-refractivity contribution in [2.24, 2.45) is 0 Å². The van der Waals surface area contributed by atoms with Gasteiger partial charge in [-0.2, -0.15) is 0 Å². The number of benzene rings is 2. The molecular formula is C27H32ClN3O3S2. The molecule has 2 heterocycles. The summed E-state index contributed by atoms with van der Waals surface area (Å²) in [5, 5.41) is 13.6. The molecule has 0 spiro atoms. The average molecular weight is 546 g/mol. The summed E-state index contributed by atoms with van der Waals surface area (Å²) in [5.74, 6) is 0.112. The Bertz CT molecular complexity index is 1230. The zero-order valence-electron chi connectivity index (χ0n) is 20.7. The first-order valence-corrected chi connectivity index (χ1v) is 14.1. The highest BCUT2D eigenvalue weighted by atomic mass is 35.5. The number of piperidine rings is 1. The van der Waals surface area contributed by atoms with Crippen molar-refractivity contribution in [2.45, 2.75) is 50.9 Å². The van der Waals surface area contributed by atoms with Crippen LogP contribution < -0.4 is 15.8 Å². The van der Waals surface area contributed by atoms with Crippen molar-refractivity contribution in [3.05, 3.63) is 64.0 Å². The molecule has 0 radical (unpaired) electrons. The number of rotatable bonds is 9. The summed E-state index contributed by atoms with van der Waals surface area (Å²) in [6.45, 7) is 7.72. The molecule has 4 rings (SSSR count). The number of ether oxygens (including phenoxy) is 1. The Labute approximate surface area is 225 Å². The van der Waals surface area contributed by atoms with Crippen LogP contribution in [0, 0.1) is 0 Å². The van der Waals surface area contributed by atoms with Gasteiger partial charge in [0.1, 0.15) is 5.02 Å². The predicted molar refractivity (Wildman–Crippen MR) is 152 cm³/mol. The van der Waals surface area contributed by atoms with E-state index in [1.165, 1.54) is 5.56 Å². The first kappa shape index (κ1) is 26.7. The first-order valence-electron chi connectivity index (χ1n) is 12.0. The molecular weight excluding hydrogens is 514 g/mol. The SMILES string of the molecule is CCOc1c(C(=O)O)sc(-c2cccc(N[C@H]3CCN(SCc4cccc(N)c4)C(C)(C)C3)c2)c1Cl. The minimum absolute atomic E-state index is 0.0262. The summed E-state index contributed by atoms with van der Waals surface area (Å²) in [7, 11) is 0. The van der Waals surface area contributed by atoms with E-state index in [0.717, 1.165) is 53.4 Å². The molecule has 6 nitrogen and oxygen atoms in total. The van der Waals surface area contributed by atoms with E-state index in [1.807, 2.05) is 61.3 Å². The highest BCUT2D eigenvalue weighted by molar-refractivity contribution is 7.96. The molecule has 0 saturated carbocycles. The monoisotopic (exact) mass is 545 g/mol. The number of anilines is 2. The first-order chi connectivity index (χ1) is 17.2. The Morgan fingerprint density at radius 2 is 2.08 bits per heavy atom. The molecule has 1 atom stereocenters. The highest BCUT2D eigenvalue weighted by Gasteiger charge is 2.35. The van der Waals surface area contributed by atoms with Crippen LogP contribution in [0.25, 0.3) is 10.4 Å². The molecule has 0 bridgehead atoms. The van der Waals surface area contributed by atoms with Crippen LogP contribution in [0.15, 0.2) is 48.5 Å². The van der Waals surface area contributed by atoms with Gasteiger partial charge >= 0.3 is 5.97 Å². The molecule has 0 aliphatic carbocycles. The van der Waals surface area contributed by atoms with Crippen LogP contribution in [0.5, 0.6) is 5.75 Å². The van der Waals surface area contributed by atoms with Gasteiger partial charge in [-0.15, -0.1) is 11.3 Å². The minimum Gasteiger partial charge on any atom is -0.490 e. The van der Waals surface area contributed by atoms with Crippen molar-refractivity contribution in [1.29, 1.82) is 0 Å². The van der Waals surface area contributed by atoms with Crippen molar-refractivity contribution in [1.82, 2.24) is 4.31 Å². The number of thiophene rings is 1. The van der Waals surface area contributed by atoms with Gasteiger partial charge in [-0.05, 0) is 69.0 Å². The van der Waals surface area contributed by atoms with Crippen LogP contribution >= 0.6 is 34.9 Å². The Morgan fingerprint density at radius 1 is 1.31 bits per heavy atom. The van der Waals surface area contributed by atoms with Crippen molar-refractivity contribution in [2.75, 3.05) is 24.2 Å². The molecule has 0 amide bonds. The maximum absolute atomic E-state index is 11.7. The fourth-order valence-corrected chi connectivity index (χ4v) is 7.11. The number of carboxylic acids is 1. The van der Waals surface area contributed by atoms with Gasteiger partial charge in [0.25, 0.3) is 0 Å². The van der Waals surface area contributed by atoms with Gasteiger partial charge in [0.05, 0.1) is 11.5 Å². The van der Waals surface area contributed by atoms with E-state index in [9.17, 15) is 9.90 Å². The summed E-state index contributed by atoms with van der Waals surface area (Å²) >= 11 is 9.56. The number of nitrogen functional groups attached to an aromatic ring is 1. The summed E-state index contributed by atoms with van der Waals surface area (Å²) in [5.41, 5.74) is 9.86. The summed E-state index contributed by atoms with van der Waals surface area (Å²) in [6, 6.07) is 16.4. The molecule has 9 heteroatoms. The topological polar surface area (TPSA) is 87.8 Å². The molecule has 0 unspecified atom stereocenters. The maximum Gasteiger partial charge on any atom is 0.349 e. The third-order valence-corrected chi connectivity index (χ3v) is 9.36. The van der Waals surface area contributed by atoms with E-state index < -0.39 is 5.97 Å². The standard InChI is InChI=1S/C27H32ClN3O3S2/c1-4-34-23-22(28)24(36-25(23)26(32)33)18-8-6-10-20(14-18)30-21-11-12-31(27(2,3)15-21)35-16-17-7-5-9-19(29)13-17/h5-10,13-14,21,30H,4,11-12,15-16,29H2,1-3H3,(H,32,33)/t21-/m0/s1. The second-order valence-corrected chi connectivity index (χ2v) is 11.9. The molecule has 1 aromatic heterocycles. The van der Waals surface area contributed by atoms with Crippen molar-refractivity contribution >= 4 is 52.2 Å². The molecule has 1 saturated heterocycles. The quantitative estimate of drug-likeness (QED) is 0.193. The summed E-state index contributed by atoms with van der Waals surface area (Å²) in [6.07, 6.45) is 2.02. The predicted octanol–water partition coefficient (Wildman–Crippen LogP) is 7.25. The van der Waals surface area contributed by atoms with Crippen LogP contribution in [-0.4, -0.2) is 40.1 Å². The number of carbonyl (C=O) groups is 1. The van der Waals surface area contributed by atoms with E-state index in [4.69, 9.17) is 22.1 Å². The van der Waals surface area contributed by atoms with Crippen LogP contribution in [-0.2, 0) is 5.75 Å². The number of nitrogens with zero attached hydrogens (tertiary/aromatic N) is 1. The van der Waals surface area contributed by atoms with Crippen molar-refractivity contribution < 1.29 is 14.6 Å². The third-order valence-electron chi connectivity index (χ3n) is 6.23. The smallest absolute Gasteiger partial charge is 0.349 e. The Morgan fingerprint density at radius 3 is 2.78 bits per heavy atom. The van der Waals surface area contributed by atoms with Gasteiger partial charge < -0.3 is 20.9 Å². The number of aromatic carboxylic acids is 1. The number of hydrogen-bond acceptors (Lipinski definition) is 7. The zero-order chi connectivity index (χ0) is 25.9. The van der Waals surface area contributed by atoms with Crippen molar-refractivity contribution in [3.63, 3.8) is 0 Å². The molecule has 4 N–H and O–H groups in total. The molecule has 3 aromatic rings. The lowest BCUT2D eigenvalue weighted by molar-refractivity contribution is 0.0698. The van der Waals surface area contributed by atoms with E-state index in [1.54, 1.807) is 0 Å². The van der Waals surface area contributed by atoms with Crippen LogP contribution in [0.3, 0.4) is 0 Å².